The van der Waals surface area contributed by atoms with E-state index in [1.807, 2.05) is 0 Å². The number of hydrogen-bond acceptors (Lipinski definition) is 4. The van der Waals surface area contributed by atoms with Crippen LogP contribution in [0.1, 0.15) is 10.4 Å². The molecule has 0 unspecified atom stereocenters. The van der Waals surface area contributed by atoms with E-state index in [1.165, 1.54) is 13.2 Å². The zero-order valence-electron chi connectivity index (χ0n) is 10.6. The summed E-state index contributed by atoms with van der Waals surface area (Å²) in [6.45, 7) is 0. The summed E-state index contributed by atoms with van der Waals surface area (Å²) >= 11 is 3.27. The molecule has 0 aliphatic carbocycles. The van der Waals surface area contributed by atoms with Gasteiger partial charge in [0.25, 0.3) is 0 Å². The van der Waals surface area contributed by atoms with Gasteiger partial charge in [0.1, 0.15) is 5.82 Å². The van der Waals surface area contributed by atoms with Crippen LogP contribution in [-0.2, 0) is 4.74 Å². The van der Waals surface area contributed by atoms with Crippen molar-refractivity contribution in [3.05, 3.63) is 52.3 Å². The molecule has 0 aliphatic rings. The van der Waals surface area contributed by atoms with Gasteiger partial charge in [0.2, 0.25) is 0 Å². The maximum Gasteiger partial charge on any atom is 0.340 e. The summed E-state index contributed by atoms with van der Waals surface area (Å²) in [5.41, 5.74) is 7.03. The summed E-state index contributed by atoms with van der Waals surface area (Å²) in [6, 6.07) is 9.34. The van der Waals surface area contributed by atoms with E-state index in [1.54, 1.807) is 30.3 Å². The lowest BCUT2D eigenvalue weighted by molar-refractivity contribution is 0.0602. The molecule has 0 atom stereocenters. The number of nitrogens with one attached hydrogen (secondary N) is 1. The number of carbonyl (C=O) groups excluding carboxylic acids is 1. The van der Waals surface area contributed by atoms with Gasteiger partial charge in [-0.05, 0) is 30.3 Å². The van der Waals surface area contributed by atoms with Crippen LogP contribution in [0.2, 0.25) is 0 Å². The largest absolute Gasteiger partial charge is 0.465 e. The van der Waals surface area contributed by atoms with Crippen LogP contribution in [0, 0.1) is 5.82 Å². The Kier molecular flexibility index (Phi) is 4.24. The van der Waals surface area contributed by atoms with Crippen molar-refractivity contribution in [1.82, 2.24) is 0 Å². The van der Waals surface area contributed by atoms with Gasteiger partial charge in [-0.1, -0.05) is 22.0 Å². The predicted molar refractivity (Wildman–Crippen MR) is 79.6 cm³/mol. The molecule has 0 saturated heterocycles. The summed E-state index contributed by atoms with van der Waals surface area (Å²) < 4.78 is 19.1. The molecule has 20 heavy (non-hydrogen) atoms. The normalized spacial score (nSPS) is 10.2. The van der Waals surface area contributed by atoms with Gasteiger partial charge >= 0.3 is 5.97 Å². The highest BCUT2D eigenvalue weighted by Crippen LogP contribution is 2.29. The molecular weight excluding hydrogens is 327 g/mol. The van der Waals surface area contributed by atoms with Crippen LogP contribution >= 0.6 is 15.9 Å². The van der Waals surface area contributed by atoms with E-state index >= 15 is 0 Å². The molecule has 2 rings (SSSR count). The topological polar surface area (TPSA) is 64.3 Å². The fourth-order valence-corrected chi connectivity index (χ4v) is 2.06. The van der Waals surface area contributed by atoms with Gasteiger partial charge in [0.05, 0.1) is 29.7 Å². The average Bonchev–Trinajstić information content (AvgIpc) is 2.44. The number of para-hydroxylation sites is 1. The minimum Gasteiger partial charge on any atom is -0.465 e. The average molecular weight is 339 g/mol. The van der Waals surface area contributed by atoms with Gasteiger partial charge in [0.15, 0.2) is 0 Å². The third-order valence-corrected chi connectivity index (χ3v) is 3.20. The Bertz CT molecular complexity index is 662. The van der Waals surface area contributed by atoms with E-state index in [0.717, 1.165) is 4.47 Å². The fraction of sp³-hybridized carbons (Fsp3) is 0.0714. The quantitative estimate of drug-likeness (QED) is 0.661. The molecule has 0 heterocycles. The molecule has 2 aromatic carbocycles. The van der Waals surface area contributed by atoms with Crippen molar-refractivity contribution in [1.29, 1.82) is 0 Å². The molecule has 6 heteroatoms. The van der Waals surface area contributed by atoms with Crippen LogP contribution in [0.15, 0.2) is 40.9 Å². The number of nitrogens with two attached hydrogens (primary N) is 1. The van der Waals surface area contributed by atoms with Crippen molar-refractivity contribution in [2.24, 2.45) is 0 Å². The molecule has 0 aromatic heterocycles. The molecule has 0 radical (unpaired) electrons. The number of rotatable bonds is 3. The summed E-state index contributed by atoms with van der Waals surface area (Å²) in [5, 5.41) is 2.86. The van der Waals surface area contributed by atoms with Crippen LogP contribution in [-0.4, -0.2) is 13.1 Å². The van der Waals surface area contributed by atoms with Crippen LogP contribution in [0.25, 0.3) is 0 Å². The number of benzene rings is 2. The first-order chi connectivity index (χ1) is 9.52. The Morgan fingerprint density at radius 3 is 2.75 bits per heavy atom. The maximum absolute atomic E-state index is 13.7. The number of anilines is 3. The molecular formula is C14H12BrFN2O2. The van der Waals surface area contributed by atoms with E-state index < -0.39 is 11.8 Å². The zero-order valence-corrected chi connectivity index (χ0v) is 12.2. The molecule has 4 nitrogen and oxygen atoms in total. The van der Waals surface area contributed by atoms with Gasteiger partial charge < -0.3 is 15.8 Å². The van der Waals surface area contributed by atoms with Crippen molar-refractivity contribution in [2.45, 2.75) is 0 Å². The minimum absolute atomic E-state index is 0.207. The first-order valence-corrected chi connectivity index (χ1v) is 6.51. The molecule has 0 amide bonds. The van der Waals surface area contributed by atoms with E-state index in [-0.39, 0.29) is 16.9 Å². The lowest BCUT2D eigenvalue weighted by Crippen LogP contribution is -2.08. The van der Waals surface area contributed by atoms with Gasteiger partial charge in [-0.25, -0.2) is 9.18 Å². The van der Waals surface area contributed by atoms with Crippen molar-refractivity contribution >= 4 is 39.0 Å². The van der Waals surface area contributed by atoms with Crippen LogP contribution in [0.4, 0.5) is 21.5 Å². The Morgan fingerprint density at radius 1 is 1.30 bits per heavy atom. The second kappa shape index (κ2) is 5.92. The SMILES string of the molecule is COC(=O)c1cccc(Nc2cc(Br)ccc2F)c1N. The third-order valence-electron chi connectivity index (χ3n) is 2.71. The lowest BCUT2D eigenvalue weighted by atomic mass is 10.1. The first kappa shape index (κ1) is 14.3. The number of nitrogen functional groups attached to an aromatic ring is 1. The molecule has 104 valence electrons. The predicted octanol–water partition coefficient (Wildman–Crippen LogP) is 3.70. The molecule has 3 N–H and O–H groups in total. The van der Waals surface area contributed by atoms with Gasteiger partial charge in [-0.15, -0.1) is 0 Å². The van der Waals surface area contributed by atoms with Crippen molar-refractivity contribution in [2.75, 3.05) is 18.2 Å². The Labute approximate surface area is 123 Å². The van der Waals surface area contributed by atoms with Gasteiger partial charge in [-0.3, -0.25) is 0 Å². The molecule has 0 spiro atoms. The lowest BCUT2D eigenvalue weighted by Gasteiger charge is -2.12. The molecule has 2 aromatic rings. The zero-order chi connectivity index (χ0) is 14.7. The monoisotopic (exact) mass is 338 g/mol. The fourth-order valence-electron chi connectivity index (χ4n) is 1.70. The van der Waals surface area contributed by atoms with Gasteiger partial charge in [-0.2, -0.15) is 0 Å². The molecule has 0 bridgehead atoms. The second-order valence-electron chi connectivity index (χ2n) is 4.01. The van der Waals surface area contributed by atoms with E-state index in [4.69, 9.17) is 5.73 Å². The maximum atomic E-state index is 13.7. The van der Waals surface area contributed by atoms with Gasteiger partial charge in [0, 0.05) is 4.47 Å². The van der Waals surface area contributed by atoms with Crippen molar-refractivity contribution in [3.8, 4) is 0 Å². The van der Waals surface area contributed by atoms with Crippen molar-refractivity contribution < 1.29 is 13.9 Å². The smallest absolute Gasteiger partial charge is 0.340 e. The first-order valence-electron chi connectivity index (χ1n) is 5.72. The van der Waals surface area contributed by atoms with E-state index in [9.17, 15) is 9.18 Å². The molecule has 0 aliphatic heterocycles. The number of esters is 1. The van der Waals surface area contributed by atoms with E-state index in [0.29, 0.717) is 5.69 Å². The Hall–Kier alpha value is -2.08. The number of methoxy groups -OCH3 is 1. The third kappa shape index (κ3) is 2.91. The highest BCUT2D eigenvalue weighted by Gasteiger charge is 2.13. The number of hydrogen-bond donors (Lipinski definition) is 2. The summed E-state index contributed by atoms with van der Waals surface area (Å²) in [6.07, 6.45) is 0. The number of ether oxygens (including phenoxy) is 1. The van der Waals surface area contributed by atoms with Crippen molar-refractivity contribution in [3.63, 3.8) is 0 Å². The highest BCUT2D eigenvalue weighted by molar-refractivity contribution is 9.10. The number of halogens is 2. The summed E-state index contributed by atoms with van der Waals surface area (Å²) in [4.78, 5) is 11.5. The highest BCUT2D eigenvalue weighted by atomic mass is 79.9. The Morgan fingerprint density at radius 2 is 2.05 bits per heavy atom. The summed E-state index contributed by atoms with van der Waals surface area (Å²) in [5.74, 6) is -0.961. The van der Waals surface area contributed by atoms with Crippen LogP contribution in [0.3, 0.4) is 0 Å². The summed E-state index contributed by atoms with van der Waals surface area (Å²) in [7, 11) is 1.27. The molecule has 0 fully saturated rings. The second-order valence-corrected chi connectivity index (χ2v) is 4.92. The van der Waals surface area contributed by atoms with E-state index in [2.05, 4.69) is 26.0 Å². The molecule has 0 saturated carbocycles. The minimum atomic E-state index is -0.541. The number of carbonyl (C=O) groups is 1. The Balaban J connectivity index is 2.39. The van der Waals surface area contributed by atoms with Crippen LogP contribution < -0.4 is 11.1 Å². The van der Waals surface area contributed by atoms with Crippen LogP contribution in [0.5, 0.6) is 0 Å². The standard InChI is InChI=1S/C14H12BrFN2O2/c1-20-14(19)9-3-2-4-11(13(9)17)18-12-7-8(15)5-6-10(12)16/h2-7,18H,17H2,1H3.